The highest BCUT2D eigenvalue weighted by Gasteiger charge is 2.22. The highest BCUT2D eigenvalue weighted by Crippen LogP contribution is 2.27. The van der Waals surface area contributed by atoms with E-state index in [0.717, 1.165) is 31.4 Å². The van der Waals surface area contributed by atoms with E-state index in [0.29, 0.717) is 22.5 Å². The molecule has 0 radical (unpaired) electrons. The number of piperidine rings is 1. The lowest BCUT2D eigenvalue weighted by Gasteiger charge is -2.29. The van der Waals surface area contributed by atoms with Gasteiger partial charge in [0.25, 0.3) is 5.91 Å². The maximum atomic E-state index is 12.6. The molecule has 0 spiro atoms. The molecule has 1 N–H and O–H groups in total. The number of likely N-dealkylation sites (tertiary alicyclic amines) is 1. The van der Waals surface area contributed by atoms with Gasteiger partial charge in [-0.1, -0.05) is 6.08 Å². The zero-order valence-electron chi connectivity index (χ0n) is 12.6. The van der Waals surface area contributed by atoms with Crippen LogP contribution in [0, 0.1) is 0 Å². The number of nitrogens with zero attached hydrogens (tertiary/aromatic N) is 2. The Hall–Kier alpha value is -1.53. The average molecular weight is 366 g/mol. The van der Waals surface area contributed by atoms with Crippen LogP contribution in [0.5, 0.6) is 0 Å². The molecule has 1 saturated heterocycles. The third-order valence-electron chi connectivity index (χ3n) is 4.16. The van der Waals surface area contributed by atoms with Gasteiger partial charge in [0.15, 0.2) is 10.3 Å². The van der Waals surface area contributed by atoms with E-state index >= 15 is 0 Å². The minimum atomic E-state index is -0.0427. The summed E-state index contributed by atoms with van der Waals surface area (Å²) in [6.45, 7) is 6.39. The van der Waals surface area contributed by atoms with E-state index < -0.39 is 0 Å². The van der Waals surface area contributed by atoms with Crippen molar-refractivity contribution >= 4 is 32.9 Å². The Morgan fingerprint density at radius 2 is 2.23 bits per heavy atom. The Kier molecular flexibility index (Phi) is 4.40. The number of fused-ring (bicyclic) bond motifs is 1. The van der Waals surface area contributed by atoms with Crippen molar-refractivity contribution in [3.05, 3.63) is 35.2 Å². The predicted octanol–water partition coefficient (Wildman–Crippen LogP) is 3.01. The van der Waals surface area contributed by atoms with E-state index in [9.17, 15) is 4.79 Å². The highest BCUT2D eigenvalue weighted by molar-refractivity contribution is 9.10. The molecule has 1 aliphatic heterocycles. The van der Waals surface area contributed by atoms with Crippen LogP contribution in [0.15, 0.2) is 33.9 Å². The van der Waals surface area contributed by atoms with Gasteiger partial charge in [0.05, 0.1) is 5.52 Å². The molecule has 5 nitrogen and oxygen atoms in total. The summed E-state index contributed by atoms with van der Waals surface area (Å²) in [5, 5.41) is 3.15. The topological polar surface area (TPSA) is 50.4 Å². The van der Waals surface area contributed by atoms with Gasteiger partial charge in [-0.25, -0.2) is 0 Å². The zero-order valence-corrected chi connectivity index (χ0v) is 14.2. The quantitative estimate of drug-likeness (QED) is 0.847. The second-order valence-electron chi connectivity index (χ2n) is 5.78. The molecule has 0 unspecified atom stereocenters. The van der Waals surface area contributed by atoms with E-state index in [-0.39, 0.29) is 11.9 Å². The molecule has 0 atom stereocenters. The van der Waals surface area contributed by atoms with Crippen molar-refractivity contribution in [3.8, 4) is 0 Å². The predicted molar refractivity (Wildman–Crippen MR) is 90.1 cm³/mol. The van der Waals surface area contributed by atoms with Gasteiger partial charge in [0, 0.05) is 24.7 Å². The van der Waals surface area contributed by atoms with Gasteiger partial charge in [0.1, 0.15) is 5.69 Å². The second-order valence-corrected chi connectivity index (χ2v) is 6.56. The van der Waals surface area contributed by atoms with Crippen LogP contribution in [-0.2, 0) is 6.54 Å². The van der Waals surface area contributed by atoms with Crippen LogP contribution in [0.25, 0.3) is 11.1 Å². The number of rotatable bonds is 4. The first-order valence-corrected chi connectivity index (χ1v) is 8.26. The fourth-order valence-corrected chi connectivity index (χ4v) is 3.33. The third-order valence-corrected chi connectivity index (χ3v) is 4.55. The van der Waals surface area contributed by atoms with Crippen molar-refractivity contribution in [2.24, 2.45) is 0 Å². The third kappa shape index (κ3) is 2.98. The molecular weight excluding hydrogens is 346 g/mol. The van der Waals surface area contributed by atoms with Crippen LogP contribution >= 0.6 is 15.9 Å². The van der Waals surface area contributed by atoms with Crippen LogP contribution in [0.1, 0.15) is 23.3 Å². The maximum Gasteiger partial charge on any atom is 0.268 e. The van der Waals surface area contributed by atoms with E-state index in [1.54, 1.807) is 12.1 Å². The summed E-state index contributed by atoms with van der Waals surface area (Å²) in [5.74, 6) is -0.0427. The number of hydrogen-bond acceptors (Lipinski definition) is 3. The largest absolute Gasteiger partial charge is 0.448 e. The van der Waals surface area contributed by atoms with Gasteiger partial charge in [0.2, 0.25) is 0 Å². The van der Waals surface area contributed by atoms with Crippen LogP contribution in [0.4, 0.5) is 0 Å². The molecule has 1 aliphatic rings. The Morgan fingerprint density at radius 3 is 2.91 bits per heavy atom. The second kappa shape index (κ2) is 6.30. The number of nitrogens with one attached hydrogen (secondary N) is 1. The number of allylic oxidation sites excluding steroid dienone is 1. The lowest BCUT2D eigenvalue weighted by molar-refractivity contribution is 0.0908. The SMILES string of the molecule is C=CCn1c(C(=O)NC2CCN(C)CC2)cc2oc(Br)cc21. The Bertz CT molecular complexity index is 696. The Morgan fingerprint density at radius 1 is 1.50 bits per heavy atom. The van der Waals surface area contributed by atoms with Gasteiger partial charge < -0.3 is 19.2 Å². The van der Waals surface area contributed by atoms with E-state index in [2.05, 4.69) is 39.8 Å². The van der Waals surface area contributed by atoms with Crippen molar-refractivity contribution in [1.29, 1.82) is 0 Å². The number of aromatic nitrogens is 1. The first kappa shape index (κ1) is 15.4. The minimum Gasteiger partial charge on any atom is -0.448 e. The molecule has 0 saturated carbocycles. The summed E-state index contributed by atoms with van der Waals surface area (Å²) in [6, 6.07) is 3.92. The summed E-state index contributed by atoms with van der Waals surface area (Å²) < 4.78 is 8.16. The Balaban J connectivity index is 1.82. The number of carbonyl (C=O) groups excluding carboxylic acids is 1. The summed E-state index contributed by atoms with van der Waals surface area (Å²) in [4.78, 5) is 14.9. The lowest BCUT2D eigenvalue weighted by atomic mass is 10.1. The summed E-state index contributed by atoms with van der Waals surface area (Å²) >= 11 is 3.32. The van der Waals surface area contributed by atoms with Crippen LogP contribution in [-0.4, -0.2) is 41.6 Å². The standard InChI is InChI=1S/C16H20BrN3O2/c1-3-6-20-12-10-15(17)22-14(12)9-13(20)16(21)18-11-4-7-19(2)8-5-11/h3,9-11H,1,4-8H2,2H3,(H,18,21). The number of carbonyl (C=O) groups is 1. The van der Waals surface area contributed by atoms with E-state index in [1.165, 1.54) is 0 Å². The van der Waals surface area contributed by atoms with Gasteiger partial charge in [-0.2, -0.15) is 0 Å². The summed E-state index contributed by atoms with van der Waals surface area (Å²) in [6.07, 6.45) is 3.77. The smallest absolute Gasteiger partial charge is 0.268 e. The molecule has 0 aliphatic carbocycles. The fraction of sp³-hybridized carbons (Fsp3) is 0.438. The number of amides is 1. The van der Waals surface area contributed by atoms with Crippen LogP contribution in [0.3, 0.4) is 0 Å². The van der Waals surface area contributed by atoms with Gasteiger partial charge in [-0.3, -0.25) is 4.79 Å². The highest BCUT2D eigenvalue weighted by atomic mass is 79.9. The zero-order chi connectivity index (χ0) is 15.7. The molecule has 0 aromatic carbocycles. The molecule has 22 heavy (non-hydrogen) atoms. The molecule has 3 heterocycles. The van der Waals surface area contributed by atoms with Crippen molar-refractivity contribution in [2.45, 2.75) is 25.4 Å². The van der Waals surface area contributed by atoms with Crippen molar-refractivity contribution in [3.63, 3.8) is 0 Å². The monoisotopic (exact) mass is 365 g/mol. The van der Waals surface area contributed by atoms with Crippen LogP contribution < -0.4 is 5.32 Å². The molecule has 0 bridgehead atoms. The average Bonchev–Trinajstić information content (AvgIpc) is 2.99. The number of furan rings is 1. The van der Waals surface area contributed by atoms with Gasteiger partial charge in [-0.05, 0) is 48.9 Å². The van der Waals surface area contributed by atoms with Gasteiger partial charge in [-0.15, -0.1) is 6.58 Å². The minimum absolute atomic E-state index is 0.0427. The number of hydrogen-bond donors (Lipinski definition) is 1. The van der Waals surface area contributed by atoms with E-state index in [1.807, 2.05) is 10.6 Å². The van der Waals surface area contributed by atoms with Crippen LogP contribution in [0.2, 0.25) is 0 Å². The van der Waals surface area contributed by atoms with Crippen molar-refractivity contribution in [2.75, 3.05) is 20.1 Å². The maximum absolute atomic E-state index is 12.6. The van der Waals surface area contributed by atoms with Crippen molar-refractivity contribution < 1.29 is 9.21 Å². The summed E-state index contributed by atoms with van der Waals surface area (Å²) in [5.41, 5.74) is 2.24. The normalized spacial score (nSPS) is 17.0. The lowest BCUT2D eigenvalue weighted by Crippen LogP contribution is -2.43. The molecule has 6 heteroatoms. The molecule has 2 aromatic rings. The molecule has 3 rings (SSSR count). The van der Waals surface area contributed by atoms with Gasteiger partial charge >= 0.3 is 0 Å². The molecule has 2 aromatic heterocycles. The molecule has 1 fully saturated rings. The molecule has 118 valence electrons. The molecular formula is C16H20BrN3O2. The number of halogens is 1. The first-order valence-electron chi connectivity index (χ1n) is 7.47. The molecule has 1 amide bonds. The first-order chi connectivity index (χ1) is 10.6. The Labute approximate surface area is 138 Å². The van der Waals surface area contributed by atoms with E-state index in [4.69, 9.17) is 4.42 Å². The van der Waals surface area contributed by atoms with Crippen molar-refractivity contribution in [1.82, 2.24) is 14.8 Å². The fourth-order valence-electron chi connectivity index (χ4n) is 2.94. The summed E-state index contributed by atoms with van der Waals surface area (Å²) in [7, 11) is 2.11.